The van der Waals surface area contributed by atoms with Crippen LogP contribution in [0.5, 0.6) is 0 Å². The van der Waals surface area contributed by atoms with E-state index in [1.807, 2.05) is 0 Å². The zero-order valence-electron chi connectivity index (χ0n) is 9.60. The lowest BCUT2D eigenvalue weighted by molar-refractivity contribution is -0.172. The van der Waals surface area contributed by atoms with Crippen LogP contribution in [0.15, 0.2) is 0 Å². The molecule has 0 heterocycles. The molecule has 0 fully saturated rings. The van der Waals surface area contributed by atoms with Gasteiger partial charge < -0.3 is 15.4 Å². The van der Waals surface area contributed by atoms with Gasteiger partial charge in [-0.25, -0.2) is 0 Å². The van der Waals surface area contributed by atoms with Crippen molar-refractivity contribution in [2.45, 2.75) is 25.6 Å². The number of carbonyl (C=O) groups excluding carboxylic acids is 1. The van der Waals surface area contributed by atoms with Crippen LogP contribution in [0.3, 0.4) is 0 Å². The Morgan fingerprint density at radius 1 is 1.38 bits per heavy atom. The van der Waals surface area contributed by atoms with Gasteiger partial charge in [0.05, 0.1) is 0 Å². The molecular weight excluding hydrogens is 225 g/mol. The Balaban J connectivity index is 4.72. The minimum atomic E-state index is -4.44. The second-order valence-electron chi connectivity index (χ2n) is 3.84. The van der Waals surface area contributed by atoms with E-state index in [4.69, 9.17) is 10.5 Å². The van der Waals surface area contributed by atoms with Crippen LogP contribution in [-0.2, 0) is 9.53 Å². The first-order valence-electron chi connectivity index (χ1n) is 4.75. The van der Waals surface area contributed by atoms with Crippen molar-refractivity contribution in [3.63, 3.8) is 0 Å². The molecule has 0 saturated carbocycles. The summed E-state index contributed by atoms with van der Waals surface area (Å²) < 4.78 is 41.5. The Morgan fingerprint density at radius 3 is 2.19 bits per heavy atom. The summed E-state index contributed by atoms with van der Waals surface area (Å²) in [6.45, 7) is 1.34. The van der Waals surface area contributed by atoms with Crippen molar-refractivity contribution in [3.05, 3.63) is 0 Å². The fraction of sp³-hybridized carbons (Fsp3) is 0.889. The largest absolute Gasteiger partial charge is 0.406 e. The molecule has 1 amide bonds. The van der Waals surface area contributed by atoms with Crippen LogP contribution in [0, 0.1) is 0 Å². The molecule has 16 heavy (non-hydrogen) atoms. The first-order chi connectivity index (χ1) is 7.14. The lowest BCUT2D eigenvalue weighted by Gasteiger charge is -2.31. The molecule has 0 unspecified atom stereocenters. The zero-order valence-corrected chi connectivity index (χ0v) is 9.60. The van der Waals surface area contributed by atoms with E-state index in [9.17, 15) is 18.0 Å². The number of carbonyl (C=O) groups is 1. The lowest BCUT2D eigenvalue weighted by atomic mass is 10.1. The van der Waals surface area contributed by atoms with Gasteiger partial charge in [-0.3, -0.25) is 4.79 Å². The Bertz CT molecular complexity index is 241. The first kappa shape index (κ1) is 15.2. The van der Waals surface area contributed by atoms with Gasteiger partial charge in [-0.2, -0.15) is 13.2 Å². The van der Waals surface area contributed by atoms with Gasteiger partial charge in [0.25, 0.3) is 5.91 Å². The van der Waals surface area contributed by atoms with Gasteiger partial charge in [0, 0.05) is 20.2 Å². The molecule has 0 bridgehead atoms. The minimum absolute atomic E-state index is 0.0262. The van der Waals surface area contributed by atoms with Gasteiger partial charge in [0.15, 0.2) is 0 Å². The van der Waals surface area contributed by atoms with Gasteiger partial charge in [-0.1, -0.05) is 0 Å². The number of nitrogens with zero attached hydrogens (tertiary/aromatic N) is 1. The van der Waals surface area contributed by atoms with Gasteiger partial charge in [0.1, 0.15) is 12.1 Å². The molecule has 0 aliphatic heterocycles. The summed E-state index contributed by atoms with van der Waals surface area (Å²) in [5.74, 6) is -0.724. The SMILES string of the molecule is COC(C)(C)C(=O)N(CCN)CC(F)(F)F. The standard InChI is InChI=1S/C9H17F3N2O2/c1-8(2,16-3)7(15)14(5-4-13)6-9(10,11)12/h4-6,13H2,1-3H3. The topological polar surface area (TPSA) is 55.6 Å². The summed E-state index contributed by atoms with van der Waals surface area (Å²) in [6.07, 6.45) is -4.44. The summed E-state index contributed by atoms with van der Waals surface area (Å²) in [7, 11) is 1.27. The Hall–Kier alpha value is -0.820. The predicted molar refractivity (Wildman–Crippen MR) is 52.8 cm³/mol. The molecule has 0 aromatic heterocycles. The number of hydrogen-bond acceptors (Lipinski definition) is 3. The molecule has 96 valence electrons. The zero-order chi connectivity index (χ0) is 13.0. The Kier molecular flexibility index (Phi) is 5.21. The van der Waals surface area contributed by atoms with Crippen molar-refractivity contribution in [1.29, 1.82) is 0 Å². The molecule has 0 atom stereocenters. The first-order valence-corrected chi connectivity index (χ1v) is 4.75. The van der Waals surface area contributed by atoms with Crippen molar-refractivity contribution in [2.24, 2.45) is 5.73 Å². The Morgan fingerprint density at radius 2 is 1.88 bits per heavy atom. The molecular formula is C9H17F3N2O2. The summed E-state index contributed by atoms with van der Waals surface area (Å²) >= 11 is 0. The van der Waals surface area contributed by atoms with Crippen LogP contribution in [-0.4, -0.2) is 49.3 Å². The Labute approximate surface area is 92.5 Å². The van der Waals surface area contributed by atoms with Crippen LogP contribution in [0.2, 0.25) is 0 Å². The maximum absolute atomic E-state index is 12.2. The van der Waals surface area contributed by atoms with Gasteiger partial charge in [-0.05, 0) is 13.8 Å². The summed E-state index contributed by atoms with van der Waals surface area (Å²) in [5.41, 5.74) is 3.89. The summed E-state index contributed by atoms with van der Waals surface area (Å²) in [5, 5.41) is 0. The highest BCUT2D eigenvalue weighted by atomic mass is 19.4. The fourth-order valence-corrected chi connectivity index (χ4v) is 1.09. The van der Waals surface area contributed by atoms with E-state index in [-0.39, 0.29) is 13.1 Å². The van der Waals surface area contributed by atoms with Crippen LogP contribution in [0.1, 0.15) is 13.8 Å². The molecule has 0 rings (SSSR count). The normalized spacial score (nSPS) is 12.7. The second-order valence-corrected chi connectivity index (χ2v) is 3.84. The third-order valence-electron chi connectivity index (χ3n) is 2.08. The number of nitrogens with two attached hydrogens (primary N) is 1. The van der Waals surface area contributed by atoms with Crippen LogP contribution >= 0.6 is 0 Å². The fourth-order valence-electron chi connectivity index (χ4n) is 1.09. The van der Waals surface area contributed by atoms with E-state index in [0.29, 0.717) is 4.90 Å². The summed E-state index contributed by atoms with van der Waals surface area (Å²) in [4.78, 5) is 12.4. The maximum atomic E-state index is 12.2. The third kappa shape index (κ3) is 4.80. The third-order valence-corrected chi connectivity index (χ3v) is 2.08. The molecule has 0 saturated heterocycles. The van der Waals surface area contributed by atoms with Crippen molar-refractivity contribution >= 4 is 5.91 Å². The molecule has 0 spiro atoms. The number of amides is 1. The highest BCUT2D eigenvalue weighted by molar-refractivity contribution is 5.84. The van der Waals surface area contributed by atoms with Crippen LogP contribution in [0.25, 0.3) is 0 Å². The number of alkyl halides is 3. The van der Waals surface area contributed by atoms with Crippen LogP contribution < -0.4 is 5.73 Å². The van der Waals surface area contributed by atoms with E-state index in [2.05, 4.69) is 0 Å². The molecule has 4 nitrogen and oxygen atoms in total. The number of hydrogen-bond donors (Lipinski definition) is 1. The summed E-state index contributed by atoms with van der Waals surface area (Å²) in [6, 6.07) is 0. The number of methoxy groups -OCH3 is 1. The second kappa shape index (κ2) is 5.49. The van der Waals surface area contributed by atoms with E-state index in [1.165, 1.54) is 21.0 Å². The molecule has 7 heteroatoms. The average Bonchev–Trinajstić information content (AvgIpc) is 2.14. The number of ether oxygens (including phenoxy) is 1. The molecule has 0 radical (unpaired) electrons. The highest BCUT2D eigenvalue weighted by Gasteiger charge is 2.38. The highest BCUT2D eigenvalue weighted by Crippen LogP contribution is 2.19. The lowest BCUT2D eigenvalue weighted by Crippen LogP contribution is -2.51. The van der Waals surface area contributed by atoms with Crippen molar-refractivity contribution in [3.8, 4) is 0 Å². The monoisotopic (exact) mass is 242 g/mol. The maximum Gasteiger partial charge on any atom is 0.406 e. The van der Waals surface area contributed by atoms with Crippen LogP contribution in [0.4, 0.5) is 13.2 Å². The molecule has 0 aromatic rings. The number of rotatable bonds is 5. The molecule has 2 N–H and O–H groups in total. The van der Waals surface area contributed by atoms with E-state index >= 15 is 0 Å². The van der Waals surface area contributed by atoms with Gasteiger partial charge >= 0.3 is 6.18 Å². The average molecular weight is 242 g/mol. The van der Waals surface area contributed by atoms with Gasteiger partial charge in [0.2, 0.25) is 0 Å². The molecule has 0 aliphatic rings. The molecule has 0 aromatic carbocycles. The minimum Gasteiger partial charge on any atom is -0.369 e. The van der Waals surface area contributed by atoms with E-state index < -0.39 is 24.2 Å². The van der Waals surface area contributed by atoms with Crippen molar-refractivity contribution in [1.82, 2.24) is 4.90 Å². The van der Waals surface area contributed by atoms with Crippen molar-refractivity contribution < 1.29 is 22.7 Å². The van der Waals surface area contributed by atoms with Gasteiger partial charge in [-0.15, -0.1) is 0 Å². The van der Waals surface area contributed by atoms with Crippen molar-refractivity contribution in [2.75, 3.05) is 26.7 Å². The van der Waals surface area contributed by atoms with E-state index in [0.717, 1.165) is 0 Å². The quantitative estimate of drug-likeness (QED) is 0.774. The predicted octanol–water partition coefficient (Wildman–Crippen LogP) is 0.761. The van der Waals surface area contributed by atoms with E-state index in [1.54, 1.807) is 0 Å². The number of halogens is 3. The smallest absolute Gasteiger partial charge is 0.369 e. The molecule has 0 aliphatic carbocycles.